The molecule has 3 aromatic rings. The van der Waals surface area contributed by atoms with E-state index in [-0.39, 0.29) is 17.3 Å². The van der Waals surface area contributed by atoms with Crippen molar-refractivity contribution in [3.05, 3.63) is 59.4 Å². The summed E-state index contributed by atoms with van der Waals surface area (Å²) < 4.78 is 29.1. The number of amides is 1. The van der Waals surface area contributed by atoms with Crippen LogP contribution in [0.5, 0.6) is 0 Å². The van der Waals surface area contributed by atoms with Crippen LogP contribution in [0, 0.1) is 6.92 Å². The zero-order valence-electron chi connectivity index (χ0n) is 16.6. The monoisotopic (exact) mass is 412 g/mol. The number of carbonyl (C=O) groups excluding carboxylic acids is 1. The van der Waals surface area contributed by atoms with Gasteiger partial charge in [-0.3, -0.25) is 4.79 Å². The quantitative estimate of drug-likeness (QED) is 0.698. The molecule has 0 spiro atoms. The summed E-state index contributed by atoms with van der Waals surface area (Å²) in [6.45, 7) is 3.12. The van der Waals surface area contributed by atoms with E-state index in [9.17, 15) is 13.2 Å². The van der Waals surface area contributed by atoms with Gasteiger partial charge in [0, 0.05) is 25.7 Å². The molecule has 0 radical (unpaired) electrons. The number of carbonyl (C=O) groups is 1. The van der Waals surface area contributed by atoms with E-state index in [1.807, 2.05) is 35.9 Å². The van der Waals surface area contributed by atoms with E-state index in [1.165, 1.54) is 10.4 Å². The third-order valence-corrected chi connectivity index (χ3v) is 7.34. The van der Waals surface area contributed by atoms with Crippen LogP contribution >= 0.6 is 0 Å². The molecule has 1 aliphatic rings. The van der Waals surface area contributed by atoms with E-state index < -0.39 is 10.0 Å². The van der Waals surface area contributed by atoms with Gasteiger partial charge in [0.15, 0.2) is 0 Å². The number of fused-ring (bicyclic) bond motifs is 1. The Morgan fingerprint density at radius 1 is 1.14 bits per heavy atom. The van der Waals surface area contributed by atoms with Crippen molar-refractivity contribution in [2.75, 3.05) is 13.1 Å². The van der Waals surface area contributed by atoms with Crippen LogP contribution in [0.1, 0.15) is 34.6 Å². The standard InChI is InChI=1S/C21H24N4O3S/c1-15-9-10-16(29(27,28)25-11-5-6-12-25)13-17(15)21(26)22-14-20-23-18-7-3-4-8-19(18)24(20)2/h3-4,7-10,13H,5-6,11-12,14H2,1-2H3,(H,22,26). The van der Waals surface area contributed by atoms with Crippen molar-refractivity contribution in [3.8, 4) is 0 Å². The van der Waals surface area contributed by atoms with E-state index in [4.69, 9.17) is 0 Å². The number of aryl methyl sites for hydroxylation is 2. The molecular weight excluding hydrogens is 388 g/mol. The van der Waals surface area contributed by atoms with Crippen LogP contribution in [0.2, 0.25) is 0 Å². The fourth-order valence-electron chi connectivity index (χ4n) is 3.69. The van der Waals surface area contributed by atoms with Crippen LogP contribution in [-0.2, 0) is 23.6 Å². The largest absolute Gasteiger partial charge is 0.345 e. The summed E-state index contributed by atoms with van der Waals surface area (Å²) in [7, 11) is -1.66. The highest BCUT2D eigenvalue weighted by Gasteiger charge is 2.28. The Morgan fingerprint density at radius 2 is 1.86 bits per heavy atom. The molecule has 0 bridgehead atoms. The second-order valence-corrected chi connectivity index (χ2v) is 9.28. The molecule has 7 nitrogen and oxygen atoms in total. The van der Waals surface area contributed by atoms with Crippen molar-refractivity contribution in [3.63, 3.8) is 0 Å². The third kappa shape index (κ3) is 3.65. The van der Waals surface area contributed by atoms with Crippen LogP contribution in [0.15, 0.2) is 47.4 Å². The smallest absolute Gasteiger partial charge is 0.251 e. The van der Waals surface area contributed by atoms with Crippen molar-refractivity contribution in [1.29, 1.82) is 0 Å². The van der Waals surface area contributed by atoms with Gasteiger partial charge in [0.2, 0.25) is 10.0 Å². The molecule has 0 atom stereocenters. The predicted octanol–water partition coefficient (Wildman–Crippen LogP) is 2.60. The van der Waals surface area contributed by atoms with Gasteiger partial charge in [0.05, 0.1) is 22.5 Å². The predicted molar refractivity (Wildman–Crippen MR) is 111 cm³/mol. The van der Waals surface area contributed by atoms with E-state index in [0.717, 1.165) is 35.3 Å². The Hall–Kier alpha value is -2.71. The maximum Gasteiger partial charge on any atom is 0.251 e. The molecule has 152 valence electrons. The van der Waals surface area contributed by atoms with Gasteiger partial charge in [0.1, 0.15) is 5.82 Å². The van der Waals surface area contributed by atoms with Crippen molar-refractivity contribution in [1.82, 2.24) is 19.2 Å². The number of hydrogen-bond donors (Lipinski definition) is 1. The lowest BCUT2D eigenvalue weighted by atomic mass is 10.1. The van der Waals surface area contributed by atoms with E-state index >= 15 is 0 Å². The Kier molecular flexibility index (Phi) is 5.14. The maximum atomic E-state index is 12.8. The van der Waals surface area contributed by atoms with Crippen molar-refractivity contribution >= 4 is 27.0 Å². The zero-order chi connectivity index (χ0) is 20.6. The number of imidazole rings is 1. The van der Waals surface area contributed by atoms with Gasteiger partial charge in [0.25, 0.3) is 5.91 Å². The highest BCUT2D eigenvalue weighted by molar-refractivity contribution is 7.89. The molecule has 8 heteroatoms. The van der Waals surface area contributed by atoms with Crippen LogP contribution in [-0.4, -0.2) is 41.3 Å². The Balaban J connectivity index is 1.56. The molecule has 1 fully saturated rings. The highest BCUT2D eigenvalue weighted by atomic mass is 32.2. The second-order valence-electron chi connectivity index (χ2n) is 7.35. The minimum absolute atomic E-state index is 0.165. The van der Waals surface area contributed by atoms with E-state index in [2.05, 4.69) is 10.3 Å². The minimum Gasteiger partial charge on any atom is -0.345 e. The average molecular weight is 413 g/mol. The van der Waals surface area contributed by atoms with Gasteiger partial charge < -0.3 is 9.88 Å². The lowest BCUT2D eigenvalue weighted by Gasteiger charge is -2.17. The molecular formula is C21H24N4O3S. The van der Waals surface area contributed by atoms with Crippen LogP contribution in [0.3, 0.4) is 0 Å². The van der Waals surface area contributed by atoms with Gasteiger partial charge >= 0.3 is 0 Å². The SMILES string of the molecule is Cc1ccc(S(=O)(=O)N2CCCC2)cc1C(=O)NCc1nc2ccccc2n1C. The molecule has 2 aromatic carbocycles. The average Bonchev–Trinajstić information content (AvgIpc) is 3.36. The fraction of sp³-hybridized carbons (Fsp3) is 0.333. The normalized spacial score (nSPS) is 15.1. The van der Waals surface area contributed by atoms with Gasteiger partial charge in [-0.2, -0.15) is 4.31 Å². The number of benzene rings is 2. The first-order valence-electron chi connectivity index (χ1n) is 9.67. The van der Waals surface area contributed by atoms with E-state index in [0.29, 0.717) is 18.7 Å². The molecule has 2 heterocycles. The first-order chi connectivity index (χ1) is 13.9. The summed E-state index contributed by atoms with van der Waals surface area (Å²) in [4.78, 5) is 17.5. The molecule has 0 unspecified atom stereocenters. The Labute approximate surface area is 170 Å². The molecule has 1 N–H and O–H groups in total. The van der Waals surface area contributed by atoms with Gasteiger partial charge in [-0.05, 0) is 49.6 Å². The number of sulfonamides is 1. The molecule has 1 amide bonds. The summed E-state index contributed by atoms with van der Waals surface area (Å²) in [6, 6.07) is 12.5. The number of nitrogens with one attached hydrogen (secondary N) is 1. The second kappa shape index (κ2) is 7.61. The summed E-state index contributed by atoms with van der Waals surface area (Å²) in [5.74, 6) is 0.422. The lowest BCUT2D eigenvalue weighted by molar-refractivity contribution is 0.0949. The Morgan fingerprint density at radius 3 is 2.59 bits per heavy atom. The van der Waals surface area contributed by atoms with Crippen molar-refractivity contribution in [2.24, 2.45) is 7.05 Å². The van der Waals surface area contributed by atoms with Crippen LogP contribution < -0.4 is 5.32 Å². The fourth-order valence-corrected chi connectivity index (χ4v) is 5.24. The van der Waals surface area contributed by atoms with Crippen LogP contribution in [0.4, 0.5) is 0 Å². The summed E-state index contributed by atoms with van der Waals surface area (Å²) in [6.07, 6.45) is 1.74. The summed E-state index contributed by atoms with van der Waals surface area (Å²) >= 11 is 0. The first kappa shape index (κ1) is 19.6. The maximum absolute atomic E-state index is 12.8. The van der Waals surface area contributed by atoms with Gasteiger partial charge in [-0.1, -0.05) is 18.2 Å². The van der Waals surface area contributed by atoms with Gasteiger partial charge in [-0.15, -0.1) is 0 Å². The van der Waals surface area contributed by atoms with Gasteiger partial charge in [-0.25, -0.2) is 13.4 Å². The number of hydrogen-bond acceptors (Lipinski definition) is 4. The lowest BCUT2D eigenvalue weighted by Crippen LogP contribution is -2.29. The number of nitrogens with zero attached hydrogens (tertiary/aromatic N) is 3. The molecule has 29 heavy (non-hydrogen) atoms. The number of para-hydroxylation sites is 2. The molecule has 4 rings (SSSR count). The molecule has 1 aromatic heterocycles. The van der Waals surface area contributed by atoms with E-state index in [1.54, 1.807) is 19.1 Å². The molecule has 0 saturated carbocycles. The third-order valence-electron chi connectivity index (χ3n) is 5.44. The molecule has 1 saturated heterocycles. The Bertz CT molecular complexity index is 1180. The highest BCUT2D eigenvalue weighted by Crippen LogP contribution is 2.23. The topological polar surface area (TPSA) is 84.3 Å². The molecule has 1 aliphatic heterocycles. The van der Waals surface area contributed by atoms with Crippen LogP contribution in [0.25, 0.3) is 11.0 Å². The van der Waals surface area contributed by atoms with Crippen molar-refractivity contribution < 1.29 is 13.2 Å². The van der Waals surface area contributed by atoms with Crippen molar-refractivity contribution in [2.45, 2.75) is 31.2 Å². The number of aromatic nitrogens is 2. The number of rotatable bonds is 5. The minimum atomic E-state index is -3.57. The summed E-state index contributed by atoms with van der Waals surface area (Å²) in [5.41, 5.74) is 2.96. The first-order valence-corrected chi connectivity index (χ1v) is 11.1. The summed E-state index contributed by atoms with van der Waals surface area (Å²) in [5, 5.41) is 2.88. The zero-order valence-corrected chi connectivity index (χ0v) is 17.4. The molecule has 0 aliphatic carbocycles.